The quantitative estimate of drug-likeness (QED) is 0.269. The molecule has 37 heavy (non-hydrogen) atoms. The van der Waals surface area contributed by atoms with Gasteiger partial charge in [-0.15, -0.1) is 0 Å². The number of anilines is 1. The Balaban J connectivity index is 3.53. The Kier molecular flexibility index (Phi) is 8.19. The van der Waals surface area contributed by atoms with Gasteiger partial charge < -0.3 is 4.74 Å². The predicted octanol–water partition coefficient (Wildman–Crippen LogP) is 5.89. The molecule has 214 valence electrons. The van der Waals surface area contributed by atoms with Gasteiger partial charge in [-0.25, -0.2) is 18.6 Å². The van der Waals surface area contributed by atoms with Crippen molar-refractivity contribution in [2.24, 2.45) is 0 Å². The normalized spacial score (nSPS) is 14.7. The van der Waals surface area contributed by atoms with Crippen LogP contribution in [0.25, 0.3) is 0 Å². The molecule has 0 aliphatic rings. The fraction of sp³-hybridized carbons (Fsp3) is 0.667. The van der Waals surface area contributed by atoms with Crippen LogP contribution in [0.2, 0.25) is 0 Å². The Morgan fingerprint density at radius 2 is 1.19 bits per heavy atom. The molecule has 0 unspecified atom stereocenters. The molecule has 0 aliphatic carbocycles. The van der Waals surface area contributed by atoms with Crippen LogP contribution in [0.15, 0.2) is 0 Å². The summed E-state index contributed by atoms with van der Waals surface area (Å²) >= 11 is -0.132. The summed E-state index contributed by atoms with van der Waals surface area (Å²) in [5.41, 5.74) is -0.457. The number of alkyl halides is 16. The van der Waals surface area contributed by atoms with Crippen molar-refractivity contribution in [3.05, 3.63) is 10.6 Å². The number of rotatable bonds is 10. The monoisotopic (exact) mass is 600 g/mol. The predicted molar refractivity (Wildman–Crippen MR) is 87.5 cm³/mol. The first kappa shape index (κ1) is 32.5. The number of aryl methyl sites for hydroxylation is 1. The van der Waals surface area contributed by atoms with E-state index >= 15 is 0 Å². The van der Waals surface area contributed by atoms with E-state index in [1.165, 1.54) is 0 Å². The lowest BCUT2D eigenvalue weighted by molar-refractivity contribution is -0.443. The number of nitrogens with one attached hydrogen (secondary N) is 1. The van der Waals surface area contributed by atoms with Gasteiger partial charge in [0, 0.05) is 0 Å². The highest BCUT2D eigenvalue weighted by Crippen LogP contribution is 2.62. The van der Waals surface area contributed by atoms with Crippen molar-refractivity contribution in [2.75, 3.05) is 12.4 Å². The van der Waals surface area contributed by atoms with Crippen LogP contribution in [-0.2, 0) is 9.53 Å². The zero-order chi connectivity index (χ0) is 29.8. The first-order chi connectivity index (χ1) is 16.2. The van der Waals surface area contributed by atoms with E-state index in [2.05, 4.69) is 9.72 Å². The summed E-state index contributed by atoms with van der Waals surface area (Å²) in [7, 11) is 0.771. The number of hydrogen-bond donors (Lipinski definition) is 1. The highest BCUT2D eigenvalue weighted by molar-refractivity contribution is 7.17. The first-order valence-corrected chi connectivity index (χ1v) is 9.31. The van der Waals surface area contributed by atoms with Crippen molar-refractivity contribution in [3.8, 4) is 0 Å². The molecule has 0 atom stereocenters. The van der Waals surface area contributed by atoms with E-state index in [0.717, 1.165) is 14.0 Å². The topological polar surface area (TPSA) is 68.3 Å². The molecule has 0 radical (unpaired) electrons. The lowest BCUT2D eigenvalue weighted by Crippen LogP contribution is -2.74. The number of carbonyl (C=O) groups excluding carboxylic acids is 2. The molecule has 1 aromatic heterocycles. The Morgan fingerprint density at radius 3 is 1.59 bits per heavy atom. The number of amides is 1. The van der Waals surface area contributed by atoms with Gasteiger partial charge in [0.25, 0.3) is 0 Å². The van der Waals surface area contributed by atoms with Gasteiger partial charge in [-0.1, -0.05) is 11.3 Å². The highest BCUT2D eigenvalue weighted by Gasteiger charge is 2.94. The van der Waals surface area contributed by atoms with Crippen LogP contribution in [0.1, 0.15) is 15.4 Å². The van der Waals surface area contributed by atoms with E-state index in [1.54, 1.807) is 0 Å². The molecular weight excluding hydrogens is 592 g/mol. The lowest BCUT2D eigenvalue weighted by atomic mass is 9.89. The number of hydrogen-bond acceptors (Lipinski definition) is 5. The van der Waals surface area contributed by atoms with Crippen molar-refractivity contribution in [1.29, 1.82) is 0 Å². The number of methoxy groups -OCH3 is 1. The fourth-order valence-corrected chi connectivity index (χ4v) is 3.06. The Morgan fingerprint density at radius 1 is 0.784 bits per heavy atom. The number of thiazole rings is 1. The second-order valence-electron chi connectivity index (χ2n) is 6.75. The average Bonchev–Trinajstić information content (AvgIpc) is 3.11. The summed E-state index contributed by atoms with van der Waals surface area (Å²) in [5.74, 6) is -61.7. The highest BCUT2D eigenvalue weighted by atomic mass is 32.1. The minimum Gasteiger partial charge on any atom is -0.465 e. The number of nitrogens with zero attached hydrogens (tertiary/aromatic N) is 1. The third kappa shape index (κ3) is 4.53. The van der Waals surface area contributed by atoms with Crippen LogP contribution in [0.3, 0.4) is 0 Å². The molecule has 0 bridgehead atoms. The zero-order valence-corrected chi connectivity index (χ0v) is 18.0. The minimum atomic E-state index is -8.62. The van der Waals surface area contributed by atoms with Gasteiger partial charge >= 0.3 is 59.8 Å². The van der Waals surface area contributed by atoms with Crippen LogP contribution in [0.4, 0.5) is 75.4 Å². The third-order valence-corrected chi connectivity index (χ3v) is 5.39. The Labute approximate surface area is 196 Å². The minimum absolute atomic E-state index is 0.132. The summed E-state index contributed by atoms with van der Waals surface area (Å²) in [6.45, 7) is 0.928. The number of carbonyl (C=O) groups is 2. The molecule has 1 heterocycles. The van der Waals surface area contributed by atoms with Crippen molar-refractivity contribution < 1.29 is 84.6 Å². The SMILES string of the molecule is COC(=O)c1sc(NC(=O)C(F)(F)C(F)(F)C(F)(F)C(F)(F)C(F)(F)C(F)(F)C(F)(F)C(F)F)nc1C. The first-order valence-electron chi connectivity index (χ1n) is 8.50. The van der Waals surface area contributed by atoms with Crippen molar-refractivity contribution in [1.82, 2.24) is 4.98 Å². The average molecular weight is 600 g/mol. The molecule has 0 aromatic carbocycles. The maximum Gasteiger partial charge on any atom is 0.393 e. The van der Waals surface area contributed by atoms with Crippen LogP contribution < -0.4 is 5.32 Å². The molecule has 5 nitrogen and oxygen atoms in total. The maximum absolute atomic E-state index is 13.9. The van der Waals surface area contributed by atoms with E-state index in [4.69, 9.17) is 0 Å². The molecule has 1 rings (SSSR count). The second kappa shape index (κ2) is 9.33. The summed E-state index contributed by atoms with van der Waals surface area (Å²) < 4.78 is 217. The molecule has 0 spiro atoms. The van der Waals surface area contributed by atoms with E-state index in [9.17, 15) is 79.8 Å². The number of halogens is 16. The maximum atomic E-state index is 13.9. The summed E-state index contributed by atoms with van der Waals surface area (Å²) in [6, 6.07) is 0. The lowest BCUT2D eigenvalue weighted by Gasteiger charge is -2.42. The summed E-state index contributed by atoms with van der Waals surface area (Å²) in [4.78, 5) is 25.4. The standard InChI is InChI=1S/C15H8F16N2O3S/c1-3-4(5(34)36-2)37-8(32-3)33-7(35)10(20,21)12(24,25)14(28,29)15(30,31)13(26,27)11(22,23)9(18,19)6(16)17/h6H,1-2H3,(H,32,33,35). The van der Waals surface area contributed by atoms with Crippen LogP contribution in [-0.4, -0.2) is 71.9 Å². The molecule has 1 N–H and O–H groups in total. The number of aromatic nitrogens is 1. The molecule has 0 saturated heterocycles. The number of esters is 1. The molecule has 1 aromatic rings. The number of ether oxygens (including phenoxy) is 1. The van der Waals surface area contributed by atoms with E-state index in [-0.39, 0.29) is 11.3 Å². The summed E-state index contributed by atoms with van der Waals surface area (Å²) in [6.07, 6.45) is -5.96. The van der Waals surface area contributed by atoms with Crippen molar-refractivity contribution >= 4 is 28.3 Å². The molecular formula is C15H8F16N2O3S. The molecule has 0 fully saturated rings. The largest absolute Gasteiger partial charge is 0.465 e. The van der Waals surface area contributed by atoms with Crippen LogP contribution in [0, 0.1) is 6.92 Å². The van der Waals surface area contributed by atoms with Crippen LogP contribution in [0.5, 0.6) is 0 Å². The van der Waals surface area contributed by atoms with Crippen LogP contribution >= 0.6 is 11.3 Å². The van der Waals surface area contributed by atoms with Gasteiger partial charge in [0.05, 0.1) is 12.8 Å². The summed E-state index contributed by atoms with van der Waals surface area (Å²) in [5, 5.41) is -0.618. The second-order valence-corrected chi connectivity index (χ2v) is 7.75. The van der Waals surface area contributed by atoms with E-state index in [1.807, 2.05) is 0 Å². The molecule has 22 heteroatoms. The van der Waals surface area contributed by atoms with Gasteiger partial charge in [-0.05, 0) is 6.92 Å². The van der Waals surface area contributed by atoms with E-state index in [0.29, 0.717) is 5.32 Å². The molecule has 1 amide bonds. The molecule has 0 saturated carbocycles. The van der Waals surface area contributed by atoms with Gasteiger partial charge in [0.1, 0.15) is 4.88 Å². The van der Waals surface area contributed by atoms with Crippen molar-refractivity contribution in [3.63, 3.8) is 0 Å². The van der Waals surface area contributed by atoms with Gasteiger partial charge in [0.2, 0.25) is 0 Å². The van der Waals surface area contributed by atoms with Gasteiger partial charge in [-0.3, -0.25) is 10.1 Å². The third-order valence-electron chi connectivity index (χ3n) is 4.34. The van der Waals surface area contributed by atoms with Crippen molar-refractivity contribution in [2.45, 2.75) is 54.8 Å². The molecule has 0 aliphatic heterocycles. The Hall–Kier alpha value is -2.55. The van der Waals surface area contributed by atoms with E-state index < -0.39 is 75.5 Å². The zero-order valence-electron chi connectivity index (χ0n) is 17.2. The smallest absolute Gasteiger partial charge is 0.393 e. The van der Waals surface area contributed by atoms with Gasteiger partial charge in [0.15, 0.2) is 5.13 Å². The fourth-order valence-electron chi connectivity index (χ4n) is 2.19. The van der Waals surface area contributed by atoms with Gasteiger partial charge in [-0.2, -0.15) is 61.5 Å². The Bertz CT molecular complexity index is 1040.